The lowest BCUT2D eigenvalue weighted by atomic mass is 9.79. The van der Waals surface area contributed by atoms with Gasteiger partial charge < -0.3 is 9.59 Å². The van der Waals surface area contributed by atoms with Crippen LogP contribution < -0.4 is 0 Å². The summed E-state index contributed by atoms with van der Waals surface area (Å²) in [4.78, 5) is 21.4. The van der Waals surface area contributed by atoms with Crippen molar-refractivity contribution < 1.29 is 9.59 Å². The van der Waals surface area contributed by atoms with Crippen molar-refractivity contribution in [3.05, 3.63) is 12.2 Å². The molecule has 0 heterocycles. The normalized spacial score (nSPS) is 37.5. The Kier molecular flexibility index (Phi) is 1.25. The summed E-state index contributed by atoms with van der Waals surface area (Å²) in [5.41, 5.74) is -0.653. The third kappa shape index (κ3) is 0.724. The average Bonchev–Trinajstić information content (AvgIpc) is 2.62. The van der Waals surface area contributed by atoms with E-state index in [0.29, 0.717) is 5.92 Å². The van der Waals surface area contributed by atoms with Crippen LogP contribution in [0.15, 0.2) is 12.2 Å². The number of allylic oxidation sites excluding steroid dienone is 2. The Hall–Kier alpha value is -0.920. The molecule has 2 aliphatic rings. The average molecular weight is 150 g/mol. The van der Waals surface area contributed by atoms with Crippen molar-refractivity contribution >= 4 is 12.6 Å². The molecule has 2 rings (SSSR count). The lowest BCUT2D eigenvalue weighted by Gasteiger charge is -2.21. The van der Waals surface area contributed by atoms with Gasteiger partial charge in [0.2, 0.25) is 0 Å². The first-order valence-corrected chi connectivity index (χ1v) is 3.92. The second kappa shape index (κ2) is 2.03. The van der Waals surface area contributed by atoms with Gasteiger partial charge in [0, 0.05) is 0 Å². The molecule has 0 radical (unpaired) electrons. The van der Waals surface area contributed by atoms with E-state index in [1.165, 1.54) is 0 Å². The Morgan fingerprint density at radius 2 is 2.00 bits per heavy atom. The second-order valence-electron chi connectivity index (χ2n) is 3.54. The van der Waals surface area contributed by atoms with Gasteiger partial charge in [-0.25, -0.2) is 0 Å². The molecule has 58 valence electrons. The Morgan fingerprint density at radius 1 is 1.27 bits per heavy atom. The third-order valence-corrected chi connectivity index (χ3v) is 2.92. The molecular weight excluding hydrogens is 140 g/mol. The topological polar surface area (TPSA) is 34.1 Å². The quantitative estimate of drug-likeness (QED) is 0.334. The molecule has 2 nitrogen and oxygen atoms in total. The SMILES string of the molecule is O=CC1(C=O)CC2C=CC1C2. The van der Waals surface area contributed by atoms with Gasteiger partial charge in [0.15, 0.2) is 0 Å². The van der Waals surface area contributed by atoms with Gasteiger partial charge >= 0.3 is 0 Å². The Morgan fingerprint density at radius 3 is 2.27 bits per heavy atom. The fraction of sp³-hybridized carbons (Fsp3) is 0.556. The van der Waals surface area contributed by atoms with Crippen LogP contribution in [0.1, 0.15) is 12.8 Å². The van der Waals surface area contributed by atoms with Crippen molar-refractivity contribution in [3.8, 4) is 0 Å². The summed E-state index contributed by atoms with van der Waals surface area (Å²) in [5.74, 6) is 0.679. The van der Waals surface area contributed by atoms with E-state index in [2.05, 4.69) is 6.08 Å². The maximum atomic E-state index is 10.7. The lowest BCUT2D eigenvalue weighted by Crippen LogP contribution is -2.29. The van der Waals surface area contributed by atoms with Gasteiger partial charge in [-0.2, -0.15) is 0 Å². The molecule has 1 fully saturated rings. The second-order valence-corrected chi connectivity index (χ2v) is 3.54. The number of rotatable bonds is 2. The van der Waals surface area contributed by atoms with E-state index in [-0.39, 0.29) is 5.92 Å². The lowest BCUT2D eigenvalue weighted by molar-refractivity contribution is -0.127. The predicted molar refractivity (Wildman–Crippen MR) is 39.9 cm³/mol. The zero-order valence-corrected chi connectivity index (χ0v) is 6.19. The standard InChI is InChI=1S/C9H10O2/c10-5-9(6-11)4-7-1-2-8(9)3-7/h1-2,5-8H,3-4H2. The minimum atomic E-state index is -0.653. The maximum Gasteiger partial charge on any atom is 0.133 e. The summed E-state index contributed by atoms with van der Waals surface area (Å²) in [5, 5.41) is 0. The minimum Gasteiger partial charge on any atom is -0.302 e. The fourth-order valence-electron chi connectivity index (χ4n) is 2.23. The van der Waals surface area contributed by atoms with Crippen LogP contribution in [0.4, 0.5) is 0 Å². The molecular formula is C9H10O2. The highest BCUT2D eigenvalue weighted by Crippen LogP contribution is 2.49. The molecule has 0 saturated heterocycles. The van der Waals surface area contributed by atoms with Crippen LogP contribution in [0.25, 0.3) is 0 Å². The van der Waals surface area contributed by atoms with E-state index in [1.54, 1.807) is 0 Å². The highest BCUT2D eigenvalue weighted by Gasteiger charge is 2.48. The van der Waals surface area contributed by atoms with Gasteiger partial charge in [-0.3, -0.25) is 0 Å². The molecule has 2 atom stereocenters. The zero-order valence-electron chi connectivity index (χ0n) is 6.19. The van der Waals surface area contributed by atoms with Crippen molar-refractivity contribution in [2.75, 3.05) is 0 Å². The number of fused-ring (bicyclic) bond motifs is 2. The van der Waals surface area contributed by atoms with Gasteiger partial charge in [-0.1, -0.05) is 12.2 Å². The summed E-state index contributed by atoms with van der Waals surface area (Å²) < 4.78 is 0. The number of carbonyl (C=O) groups is 2. The van der Waals surface area contributed by atoms with Crippen LogP contribution in [-0.4, -0.2) is 12.6 Å². The van der Waals surface area contributed by atoms with E-state index < -0.39 is 5.41 Å². The number of hydrogen-bond donors (Lipinski definition) is 0. The van der Waals surface area contributed by atoms with E-state index in [4.69, 9.17) is 0 Å². The first kappa shape index (κ1) is 6.77. The number of carbonyl (C=O) groups excluding carboxylic acids is 2. The van der Waals surface area contributed by atoms with E-state index >= 15 is 0 Å². The van der Waals surface area contributed by atoms with Crippen molar-refractivity contribution in [2.24, 2.45) is 17.3 Å². The molecule has 0 aromatic rings. The molecule has 0 aliphatic heterocycles. The minimum absolute atomic E-state index is 0.197. The van der Waals surface area contributed by atoms with Crippen LogP contribution in [0.5, 0.6) is 0 Å². The molecule has 1 saturated carbocycles. The maximum absolute atomic E-state index is 10.7. The van der Waals surface area contributed by atoms with Crippen LogP contribution in [-0.2, 0) is 9.59 Å². The molecule has 11 heavy (non-hydrogen) atoms. The molecule has 0 aromatic heterocycles. The van der Waals surface area contributed by atoms with Crippen molar-refractivity contribution in [1.29, 1.82) is 0 Å². The Bertz CT molecular complexity index is 222. The zero-order chi connectivity index (χ0) is 7.90. The van der Waals surface area contributed by atoms with Gasteiger partial charge in [-0.15, -0.1) is 0 Å². The van der Waals surface area contributed by atoms with Gasteiger partial charge in [-0.05, 0) is 24.7 Å². The summed E-state index contributed by atoms with van der Waals surface area (Å²) in [7, 11) is 0. The largest absolute Gasteiger partial charge is 0.302 e. The fourth-order valence-corrected chi connectivity index (χ4v) is 2.23. The van der Waals surface area contributed by atoms with Crippen LogP contribution in [0, 0.1) is 17.3 Å². The third-order valence-electron chi connectivity index (χ3n) is 2.92. The number of hydrogen-bond acceptors (Lipinski definition) is 2. The smallest absolute Gasteiger partial charge is 0.133 e. The van der Waals surface area contributed by atoms with Crippen molar-refractivity contribution in [2.45, 2.75) is 12.8 Å². The summed E-state index contributed by atoms with van der Waals surface area (Å²) in [6, 6.07) is 0. The Balaban J connectivity index is 2.35. The van der Waals surface area contributed by atoms with Crippen LogP contribution >= 0.6 is 0 Å². The monoisotopic (exact) mass is 150 g/mol. The van der Waals surface area contributed by atoms with Crippen LogP contribution in [0.3, 0.4) is 0 Å². The molecule has 2 bridgehead atoms. The molecule has 0 amide bonds. The first-order valence-electron chi connectivity index (χ1n) is 3.92. The van der Waals surface area contributed by atoms with Crippen LogP contribution in [0.2, 0.25) is 0 Å². The summed E-state index contributed by atoms with van der Waals surface area (Å²) in [6.45, 7) is 0. The molecule has 2 heteroatoms. The van der Waals surface area contributed by atoms with E-state index in [1.807, 2.05) is 6.08 Å². The van der Waals surface area contributed by atoms with Gasteiger partial charge in [0.25, 0.3) is 0 Å². The predicted octanol–water partition coefficient (Wildman–Crippen LogP) is 0.967. The molecule has 2 aliphatic carbocycles. The van der Waals surface area contributed by atoms with Crippen molar-refractivity contribution in [3.63, 3.8) is 0 Å². The highest BCUT2D eigenvalue weighted by atomic mass is 16.1. The van der Waals surface area contributed by atoms with E-state index in [0.717, 1.165) is 25.4 Å². The van der Waals surface area contributed by atoms with Crippen molar-refractivity contribution in [1.82, 2.24) is 0 Å². The summed E-state index contributed by atoms with van der Waals surface area (Å²) >= 11 is 0. The molecule has 0 N–H and O–H groups in total. The molecule has 0 aromatic carbocycles. The summed E-state index contributed by atoms with van der Waals surface area (Å²) in [6.07, 6.45) is 7.52. The molecule has 2 unspecified atom stereocenters. The number of aldehydes is 2. The van der Waals surface area contributed by atoms with Gasteiger partial charge in [0.1, 0.15) is 12.6 Å². The molecule has 0 spiro atoms. The van der Waals surface area contributed by atoms with Gasteiger partial charge in [0.05, 0.1) is 5.41 Å². The highest BCUT2D eigenvalue weighted by molar-refractivity contribution is 5.85. The van der Waals surface area contributed by atoms with E-state index in [9.17, 15) is 9.59 Å². The Labute approximate surface area is 65.3 Å². The first-order chi connectivity index (χ1) is 5.30.